The Kier molecular flexibility index (Phi) is 12.1. The number of nitrogens with two attached hydrogens (primary N) is 3. The van der Waals surface area contributed by atoms with Gasteiger partial charge in [0.15, 0.2) is 0 Å². The third kappa shape index (κ3) is 11.4. The summed E-state index contributed by atoms with van der Waals surface area (Å²) in [5.41, 5.74) is 15.6. The second kappa shape index (κ2) is 13.6. The SMILES string of the molecule is CC(C)C(NC(=O)C(CC(N)=O)NC(=O)C(CCC(=O)O)NC(=O)C(N)CC(N)=O)C(=O)O. The second-order valence-corrected chi connectivity index (χ2v) is 7.57. The Morgan fingerprint density at radius 3 is 1.67 bits per heavy atom. The minimum absolute atomic E-state index is 0.426. The number of carboxylic acids is 2. The molecule has 0 aliphatic heterocycles. The van der Waals surface area contributed by atoms with Gasteiger partial charge in [0.05, 0.1) is 18.9 Å². The molecule has 0 heterocycles. The van der Waals surface area contributed by atoms with Crippen molar-refractivity contribution in [2.24, 2.45) is 23.1 Å². The highest BCUT2D eigenvalue weighted by Gasteiger charge is 2.32. The van der Waals surface area contributed by atoms with Gasteiger partial charge in [0, 0.05) is 6.42 Å². The predicted octanol–water partition coefficient (Wildman–Crippen LogP) is -3.88. The van der Waals surface area contributed by atoms with Crippen molar-refractivity contribution in [2.45, 2.75) is 63.7 Å². The number of rotatable bonds is 15. The van der Waals surface area contributed by atoms with Gasteiger partial charge in [0.2, 0.25) is 29.5 Å². The van der Waals surface area contributed by atoms with Gasteiger partial charge in [-0.25, -0.2) is 4.79 Å². The lowest BCUT2D eigenvalue weighted by Crippen LogP contribution is -2.58. The number of nitrogens with one attached hydrogen (secondary N) is 3. The van der Waals surface area contributed by atoms with Crippen LogP contribution in [0.3, 0.4) is 0 Å². The van der Waals surface area contributed by atoms with Crippen LogP contribution in [-0.4, -0.2) is 75.9 Å². The van der Waals surface area contributed by atoms with Crippen LogP contribution in [0.4, 0.5) is 0 Å². The second-order valence-electron chi connectivity index (χ2n) is 7.57. The molecule has 4 atom stereocenters. The Bertz CT molecular complexity index is 785. The Morgan fingerprint density at radius 2 is 1.24 bits per heavy atom. The maximum atomic E-state index is 12.7. The highest BCUT2D eigenvalue weighted by Crippen LogP contribution is 2.05. The van der Waals surface area contributed by atoms with Crippen molar-refractivity contribution in [1.82, 2.24) is 16.0 Å². The number of carbonyl (C=O) groups is 7. The summed E-state index contributed by atoms with van der Waals surface area (Å²) in [5.74, 6) is -8.15. The van der Waals surface area contributed by atoms with Gasteiger partial charge in [0.25, 0.3) is 0 Å². The van der Waals surface area contributed by atoms with Crippen molar-refractivity contribution in [1.29, 1.82) is 0 Å². The molecule has 0 aliphatic carbocycles. The monoisotopic (exact) mass is 474 g/mol. The van der Waals surface area contributed by atoms with E-state index in [9.17, 15) is 38.7 Å². The van der Waals surface area contributed by atoms with Crippen molar-refractivity contribution < 1.29 is 43.8 Å². The number of aliphatic carboxylic acids is 2. The Hall–Kier alpha value is -3.75. The summed E-state index contributed by atoms with van der Waals surface area (Å²) in [6, 6.07) is -5.89. The van der Waals surface area contributed by atoms with Crippen molar-refractivity contribution in [3.8, 4) is 0 Å². The molecule has 15 heteroatoms. The fourth-order valence-corrected chi connectivity index (χ4v) is 2.58. The summed E-state index contributed by atoms with van der Waals surface area (Å²) in [5, 5.41) is 24.6. The number of primary amides is 2. The van der Waals surface area contributed by atoms with E-state index in [1.807, 2.05) is 0 Å². The van der Waals surface area contributed by atoms with E-state index in [0.29, 0.717) is 0 Å². The van der Waals surface area contributed by atoms with E-state index in [-0.39, 0.29) is 0 Å². The van der Waals surface area contributed by atoms with Crippen LogP contribution in [-0.2, 0) is 33.6 Å². The molecule has 0 rings (SSSR count). The highest BCUT2D eigenvalue weighted by molar-refractivity contribution is 5.96. The molecule has 4 unspecified atom stereocenters. The normalized spacial score (nSPS) is 14.3. The zero-order valence-electron chi connectivity index (χ0n) is 18.2. The average molecular weight is 474 g/mol. The molecule has 186 valence electrons. The highest BCUT2D eigenvalue weighted by atomic mass is 16.4. The molecule has 0 radical (unpaired) electrons. The predicted molar refractivity (Wildman–Crippen MR) is 111 cm³/mol. The fourth-order valence-electron chi connectivity index (χ4n) is 2.58. The standard InChI is InChI=1S/C18H30N6O9/c1-7(2)14(18(32)33)24-17(31)10(6-12(21)26)23-16(30)9(3-4-13(27)28)22-15(29)8(19)5-11(20)25/h7-10,14H,3-6,19H2,1-2H3,(H2,20,25)(H2,21,26)(H,22,29)(H,23,30)(H,24,31)(H,27,28)(H,32,33). The first-order valence-electron chi connectivity index (χ1n) is 9.83. The molecule has 15 nitrogen and oxygen atoms in total. The van der Waals surface area contributed by atoms with Crippen LogP contribution in [0.5, 0.6) is 0 Å². The molecule has 0 bridgehead atoms. The minimum atomic E-state index is -1.61. The lowest BCUT2D eigenvalue weighted by atomic mass is 10.0. The van der Waals surface area contributed by atoms with Crippen LogP contribution >= 0.6 is 0 Å². The van der Waals surface area contributed by atoms with E-state index in [2.05, 4.69) is 16.0 Å². The zero-order valence-corrected chi connectivity index (χ0v) is 18.2. The molecule has 0 fully saturated rings. The maximum Gasteiger partial charge on any atom is 0.326 e. The van der Waals surface area contributed by atoms with Gasteiger partial charge < -0.3 is 43.4 Å². The molecule has 0 aliphatic rings. The van der Waals surface area contributed by atoms with E-state index in [4.69, 9.17) is 22.3 Å². The number of carboxylic acid groups (broad SMARTS) is 2. The van der Waals surface area contributed by atoms with E-state index in [1.165, 1.54) is 13.8 Å². The molecule has 11 N–H and O–H groups in total. The van der Waals surface area contributed by atoms with E-state index >= 15 is 0 Å². The van der Waals surface area contributed by atoms with Gasteiger partial charge in [-0.05, 0) is 12.3 Å². The van der Waals surface area contributed by atoms with Crippen molar-refractivity contribution in [3.05, 3.63) is 0 Å². The molecule has 0 aromatic carbocycles. The molecule has 5 amide bonds. The minimum Gasteiger partial charge on any atom is -0.481 e. The zero-order chi connectivity index (χ0) is 25.9. The third-order valence-corrected chi connectivity index (χ3v) is 4.31. The number of carbonyl (C=O) groups excluding carboxylic acids is 5. The molecular formula is C18H30N6O9. The van der Waals surface area contributed by atoms with E-state index < -0.39 is 97.2 Å². The third-order valence-electron chi connectivity index (χ3n) is 4.31. The van der Waals surface area contributed by atoms with Gasteiger partial charge in [-0.1, -0.05) is 13.8 Å². The molecule has 0 aromatic rings. The van der Waals surface area contributed by atoms with Crippen LogP contribution in [0.25, 0.3) is 0 Å². The summed E-state index contributed by atoms with van der Waals surface area (Å²) >= 11 is 0. The Labute approximate surface area is 188 Å². The molecule has 0 saturated heterocycles. The van der Waals surface area contributed by atoms with E-state index in [0.717, 1.165) is 0 Å². The van der Waals surface area contributed by atoms with Crippen LogP contribution in [0.2, 0.25) is 0 Å². The van der Waals surface area contributed by atoms with Crippen LogP contribution in [0.1, 0.15) is 39.5 Å². The smallest absolute Gasteiger partial charge is 0.326 e. The molecular weight excluding hydrogens is 444 g/mol. The summed E-state index contributed by atoms with van der Waals surface area (Å²) < 4.78 is 0. The summed E-state index contributed by atoms with van der Waals surface area (Å²) in [6.07, 6.45) is -2.24. The number of hydrogen-bond donors (Lipinski definition) is 8. The first kappa shape index (κ1) is 29.2. The van der Waals surface area contributed by atoms with Gasteiger partial charge in [-0.15, -0.1) is 0 Å². The van der Waals surface area contributed by atoms with Crippen LogP contribution in [0, 0.1) is 5.92 Å². The van der Waals surface area contributed by atoms with Gasteiger partial charge >= 0.3 is 11.9 Å². The van der Waals surface area contributed by atoms with Gasteiger partial charge in [0.1, 0.15) is 18.1 Å². The first-order valence-corrected chi connectivity index (χ1v) is 9.83. The van der Waals surface area contributed by atoms with E-state index in [1.54, 1.807) is 0 Å². The van der Waals surface area contributed by atoms with Crippen LogP contribution in [0.15, 0.2) is 0 Å². The van der Waals surface area contributed by atoms with Crippen molar-refractivity contribution in [2.75, 3.05) is 0 Å². The van der Waals surface area contributed by atoms with Gasteiger partial charge in [-0.3, -0.25) is 28.8 Å². The number of hydrogen-bond acceptors (Lipinski definition) is 8. The van der Waals surface area contributed by atoms with Crippen molar-refractivity contribution in [3.63, 3.8) is 0 Å². The summed E-state index contributed by atoms with van der Waals surface area (Å²) in [7, 11) is 0. The van der Waals surface area contributed by atoms with Crippen LogP contribution < -0.4 is 33.2 Å². The van der Waals surface area contributed by atoms with Crippen molar-refractivity contribution >= 4 is 41.5 Å². The summed E-state index contributed by atoms with van der Waals surface area (Å²) in [6.45, 7) is 3.04. The fraction of sp³-hybridized carbons (Fsp3) is 0.611. The Balaban J connectivity index is 5.60. The molecule has 0 aromatic heterocycles. The number of amides is 5. The average Bonchev–Trinajstić information content (AvgIpc) is 2.66. The first-order chi connectivity index (χ1) is 15.1. The topological polar surface area (TPSA) is 274 Å². The molecule has 0 saturated carbocycles. The largest absolute Gasteiger partial charge is 0.481 e. The molecule has 33 heavy (non-hydrogen) atoms. The lowest BCUT2D eigenvalue weighted by molar-refractivity contribution is -0.143. The molecule has 0 spiro atoms. The lowest BCUT2D eigenvalue weighted by Gasteiger charge is -2.25. The van der Waals surface area contributed by atoms with Gasteiger partial charge in [-0.2, -0.15) is 0 Å². The quantitative estimate of drug-likeness (QED) is 0.114. The maximum absolute atomic E-state index is 12.7. The summed E-state index contributed by atoms with van der Waals surface area (Å²) in [4.78, 5) is 81.9. The Morgan fingerprint density at radius 1 is 0.758 bits per heavy atom.